The number of hydrogen-bond acceptors (Lipinski definition) is 4. The minimum atomic E-state index is -0.853. The fraction of sp³-hybridized carbons (Fsp3) is 0.607. The summed E-state index contributed by atoms with van der Waals surface area (Å²) < 4.78 is 5.27. The van der Waals surface area contributed by atoms with Crippen molar-refractivity contribution in [1.82, 2.24) is 15.5 Å². The van der Waals surface area contributed by atoms with Crippen LogP contribution in [0, 0.1) is 18.3 Å². The van der Waals surface area contributed by atoms with Crippen molar-refractivity contribution < 1.29 is 19.1 Å². The molecule has 0 fully saturated rings. The highest BCUT2D eigenvalue weighted by Gasteiger charge is 2.34. The van der Waals surface area contributed by atoms with Crippen LogP contribution in [0.4, 0.5) is 4.79 Å². The predicted molar refractivity (Wildman–Crippen MR) is 140 cm³/mol. The van der Waals surface area contributed by atoms with Crippen LogP contribution in [0.25, 0.3) is 0 Å². The first-order valence-electron chi connectivity index (χ1n) is 12.5. The van der Waals surface area contributed by atoms with E-state index in [-0.39, 0.29) is 24.4 Å². The second-order valence-corrected chi connectivity index (χ2v) is 10.3. The molecule has 2 N–H and O–H groups in total. The number of terminal acetylenes is 1. The van der Waals surface area contributed by atoms with E-state index in [1.54, 1.807) is 49.9 Å². The predicted octanol–water partition coefficient (Wildman–Crippen LogP) is 4.80. The second-order valence-electron chi connectivity index (χ2n) is 10.3. The lowest BCUT2D eigenvalue weighted by molar-refractivity contribution is -0.142. The molecule has 7 heteroatoms. The van der Waals surface area contributed by atoms with E-state index in [4.69, 9.17) is 11.2 Å². The van der Waals surface area contributed by atoms with Crippen molar-refractivity contribution in [2.45, 2.75) is 91.8 Å². The number of hydrogen-bond donors (Lipinski definition) is 2. The Labute approximate surface area is 211 Å². The van der Waals surface area contributed by atoms with Crippen LogP contribution in [0.15, 0.2) is 24.3 Å². The maximum atomic E-state index is 13.5. The zero-order valence-electron chi connectivity index (χ0n) is 22.4. The maximum Gasteiger partial charge on any atom is 0.408 e. The van der Waals surface area contributed by atoms with Crippen molar-refractivity contribution in [2.75, 3.05) is 13.1 Å². The minimum Gasteiger partial charge on any atom is -0.444 e. The summed E-state index contributed by atoms with van der Waals surface area (Å²) in [6.45, 7) is 13.7. The van der Waals surface area contributed by atoms with Crippen molar-refractivity contribution >= 4 is 17.9 Å². The van der Waals surface area contributed by atoms with Gasteiger partial charge in [-0.2, -0.15) is 0 Å². The fourth-order valence-electron chi connectivity index (χ4n) is 3.60. The molecular weight excluding hydrogens is 442 g/mol. The molecule has 0 bridgehead atoms. The summed E-state index contributed by atoms with van der Waals surface area (Å²) in [4.78, 5) is 40.7. The van der Waals surface area contributed by atoms with Crippen molar-refractivity contribution in [3.8, 4) is 12.3 Å². The number of carbonyl (C=O) groups excluding carboxylic acids is 3. The number of rotatable bonds is 12. The maximum absolute atomic E-state index is 13.5. The number of nitrogens with one attached hydrogen (secondary N) is 2. The van der Waals surface area contributed by atoms with Crippen molar-refractivity contribution in [1.29, 1.82) is 0 Å². The Kier molecular flexibility index (Phi) is 12.4. The molecule has 35 heavy (non-hydrogen) atoms. The zero-order valence-corrected chi connectivity index (χ0v) is 22.4. The number of unbranched alkanes of at least 4 members (excludes halogenated alkanes) is 1. The van der Waals surface area contributed by atoms with Gasteiger partial charge < -0.3 is 20.3 Å². The highest BCUT2D eigenvalue weighted by Crippen LogP contribution is 2.27. The highest BCUT2D eigenvalue weighted by molar-refractivity contribution is 5.90. The number of ether oxygens (including phenoxy) is 1. The molecule has 2 unspecified atom stereocenters. The molecule has 0 saturated carbocycles. The number of amides is 3. The Bertz CT molecular complexity index is 866. The SMILES string of the molecule is C#Cc1ccc(C(C(=O)NCCCC)N(C(=O)CNC(=O)OC(C)(C)C)C(C)CCC(C)C)cc1. The van der Waals surface area contributed by atoms with Crippen LogP contribution in [-0.2, 0) is 14.3 Å². The molecule has 2 atom stereocenters. The molecule has 0 heterocycles. The normalized spacial score (nSPS) is 12.9. The van der Waals surface area contributed by atoms with Crippen LogP contribution in [0.5, 0.6) is 0 Å². The first-order chi connectivity index (χ1) is 16.4. The van der Waals surface area contributed by atoms with E-state index in [0.717, 1.165) is 25.7 Å². The van der Waals surface area contributed by atoms with E-state index in [2.05, 4.69) is 30.4 Å². The monoisotopic (exact) mass is 485 g/mol. The molecule has 0 spiro atoms. The summed E-state index contributed by atoms with van der Waals surface area (Å²) in [5.41, 5.74) is 0.675. The van der Waals surface area contributed by atoms with Crippen molar-refractivity contribution in [3.63, 3.8) is 0 Å². The molecule has 1 rings (SSSR count). The number of carbonyl (C=O) groups is 3. The van der Waals surface area contributed by atoms with Gasteiger partial charge in [-0.25, -0.2) is 4.79 Å². The van der Waals surface area contributed by atoms with Gasteiger partial charge in [0.05, 0.1) is 0 Å². The first kappa shape index (κ1) is 30.0. The Morgan fingerprint density at radius 3 is 2.20 bits per heavy atom. The van der Waals surface area contributed by atoms with Gasteiger partial charge in [-0.3, -0.25) is 9.59 Å². The number of nitrogens with zero attached hydrogens (tertiary/aromatic N) is 1. The average Bonchev–Trinajstić information content (AvgIpc) is 2.78. The third kappa shape index (κ3) is 10.9. The summed E-state index contributed by atoms with van der Waals surface area (Å²) in [6, 6.07) is 6.02. The molecule has 1 aromatic carbocycles. The van der Waals surface area contributed by atoms with Crippen LogP contribution >= 0.6 is 0 Å². The van der Waals surface area contributed by atoms with E-state index in [1.807, 2.05) is 13.8 Å². The molecule has 0 aliphatic rings. The van der Waals surface area contributed by atoms with Crippen molar-refractivity contribution in [2.24, 2.45) is 5.92 Å². The molecule has 0 aromatic heterocycles. The van der Waals surface area contributed by atoms with Crippen LogP contribution in [0.2, 0.25) is 0 Å². The van der Waals surface area contributed by atoms with Gasteiger partial charge in [0.15, 0.2) is 0 Å². The zero-order chi connectivity index (χ0) is 26.6. The van der Waals surface area contributed by atoms with Gasteiger partial charge in [-0.05, 0) is 70.6 Å². The van der Waals surface area contributed by atoms with Gasteiger partial charge in [0.25, 0.3) is 0 Å². The molecule has 194 valence electrons. The fourth-order valence-corrected chi connectivity index (χ4v) is 3.60. The van der Waals surface area contributed by atoms with Crippen LogP contribution < -0.4 is 10.6 Å². The largest absolute Gasteiger partial charge is 0.444 e. The minimum absolute atomic E-state index is 0.237. The quantitative estimate of drug-likeness (QED) is 0.329. The third-order valence-electron chi connectivity index (χ3n) is 5.46. The highest BCUT2D eigenvalue weighted by atomic mass is 16.6. The van der Waals surface area contributed by atoms with Gasteiger partial charge in [-0.1, -0.05) is 45.2 Å². The summed E-state index contributed by atoms with van der Waals surface area (Å²) in [7, 11) is 0. The summed E-state index contributed by atoms with van der Waals surface area (Å²) in [6.07, 6.45) is 8.22. The lowest BCUT2D eigenvalue weighted by Crippen LogP contribution is -2.51. The van der Waals surface area contributed by atoms with Gasteiger partial charge >= 0.3 is 6.09 Å². The summed E-state index contributed by atoms with van der Waals surface area (Å²) >= 11 is 0. The van der Waals surface area contributed by atoms with Gasteiger partial charge in [0.1, 0.15) is 18.2 Å². The Morgan fingerprint density at radius 2 is 1.69 bits per heavy atom. The molecular formula is C28H43N3O4. The summed E-state index contributed by atoms with van der Waals surface area (Å²) in [5.74, 6) is 2.41. The van der Waals surface area contributed by atoms with Crippen LogP contribution in [-0.4, -0.2) is 47.5 Å². The topological polar surface area (TPSA) is 87.7 Å². The standard InChI is InChI=1S/C28H43N3O4/c1-9-11-18-29-26(33)25(23-16-14-22(10-2)15-17-23)31(21(5)13-12-20(3)4)24(32)19-30-27(34)35-28(6,7)8/h2,14-17,20-21,25H,9,11-13,18-19H2,1,3-8H3,(H,29,33)(H,30,34). The van der Waals surface area contributed by atoms with E-state index in [1.165, 1.54) is 0 Å². The molecule has 0 saturated heterocycles. The molecule has 0 aliphatic carbocycles. The smallest absolute Gasteiger partial charge is 0.408 e. The van der Waals surface area contributed by atoms with Crippen LogP contribution in [0.3, 0.4) is 0 Å². The lowest BCUT2D eigenvalue weighted by Gasteiger charge is -2.36. The average molecular weight is 486 g/mol. The van der Waals surface area contributed by atoms with Gasteiger partial charge in [0, 0.05) is 18.2 Å². The number of benzene rings is 1. The molecule has 0 aliphatic heterocycles. The molecule has 1 aromatic rings. The van der Waals surface area contributed by atoms with E-state index in [0.29, 0.717) is 23.6 Å². The Morgan fingerprint density at radius 1 is 1.06 bits per heavy atom. The Hall–Kier alpha value is -3.01. The van der Waals surface area contributed by atoms with Gasteiger partial charge in [0.2, 0.25) is 11.8 Å². The molecule has 3 amide bonds. The van der Waals surface area contributed by atoms with E-state index >= 15 is 0 Å². The molecule has 7 nitrogen and oxygen atoms in total. The second kappa shape index (κ2) is 14.4. The third-order valence-corrected chi connectivity index (χ3v) is 5.46. The van der Waals surface area contributed by atoms with E-state index < -0.39 is 17.7 Å². The van der Waals surface area contributed by atoms with Crippen molar-refractivity contribution in [3.05, 3.63) is 35.4 Å². The Balaban J connectivity index is 3.31. The van der Waals surface area contributed by atoms with Crippen LogP contribution in [0.1, 0.15) is 91.3 Å². The summed E-state index contributed by atoms with van der Waals surface area (Å²) in [5, 5.41) is 5.52. The van der Waals surface area contributed by atoms with E-state index in [9.17, 15) is 14.4 Å². The lowest BCUT2D eigenvalue weighted by atomic mass is 9.97. The number of alkyl carbamates (subject to hydrolysis) is 1. The molecule has 0 radical (unpaired) electrons. The van der Waals surface area contributed by atoms with Gasteiger partial charge in [-0.15, -0.1) is 6.42 Å². The first-order valence-corrected chi connectivity index (χ1v) is 12.5.